The van der Waals surface area contributed by atoms with Gasteiger partial charge < -0.3 is 15.2 Å². The number of benzene rings is 3. The lowest BCUT2D eigenvalue weighted by atomic mass is 9.86. The predicted octanol–water partition coefficient (Wildman–Crippen LogP) is 4.90. The van der Waals surface area contributed by atoms with Gasteiger partial charge in [0.1, 0.15) is 5.75 Å². The molecule has 2 N–H and O–H groups in total. The zero-order chi connectivity index (χ0) is 19.1. The molecule has 3 heteroatoms. The number of rotatable bonds is 8. The van der Waals surface area contributed by atoms with Crippen LogP contribution in [0.15, 0.2) is 84.9 Å². The molecule has 3 rings (SSSR count). The summed E-state index contributed by atoms with van der Waals surface area (Å²) in [6.45, 7) is 2.81. The average Bonchev–Trinajstić information content (AvgIpc) is 2.75. The summed E-state index contributed by atoms with van der Waals surface area (Å²) in [5.74, 6) is 0.860. The first kappa shape index (κ1) is 19.2. The van der Waals surface area contributed by atoms with Crippen molar-refractivity contribution < 1.29 is 9.84 Å². The van der Waals surface area contributed by atoms with Gasteiger partial charge in [0.15, 0.2) is 0 Å². The Morgan fingerprint density at radius 1 is 0.815 bits per heavy atom. The van der Waals surface area contributed by atoms with Gasteiger partial charge in [-0.3, -0.25) is 0 Å². The molecule has 0 aliphatic rings. The van der Waals surface area contributed by atoms with Crippen LogP contribution in [-0.4, -0.2) is 12.2 Å². The van der Waals surface area contributed by atoms with Crippen molar-refractivity contribution in [3.8, 4) is 5.75 Å². The third kappa shape index (κ3) is 4.97. The molecule has 3 aromatic rings. The van der Waals surface area contributed by atoms with Crippen LogP contribution < -0.4 is 10.1 Å². The van der Waals surface area contributed by atoms with Crippen molar-refractivity contribution in [2.75, 3.05) is 7.11 Å². The second kappa shape index (κ2) is 9.36. The van der Waals surface area contributed by atoms with E-state index in [-0.39, 0.29) is 12.0 Å². The van der Waals surface area contributed by atoms with Crippen LogP contribution in [0.5, 0.6) is 5.75 Å². The standard InChI is InChI=1S/C24H27NO2/c1-18(24(26)21-11-7-4-8-12-21)23(20-9-5-3-6-10-20)25-17-19-13-15-22(27-2)16-14-19/h3-16,18,23-26H,17H2,1-2H3/t18-,23+,24-/m0/s1. The summed E-state index contributed by atoms with van der Waals surface area (Å²) < 4.78 is 5.23. The molecule has 3 atom stereocenters. The molecular weight excluding hydrogens is 334 g/mol. The van der Waals surface area contributed by atoms with Gasteiger partial charge in [-0.1, -0.05) is 79.7 Å². The van der Waals surface area contributed by atoms with Crippen LogP contribution in [0.4, 0.5) is 0 Å². The average molecular weight is 361 g/mol. The first-order valence-electron chi connectivity index (χ1n) is 9.33. The first-order valence-corrected chi connectivity index (χ1v) is 9.33. The molecule has 0 bridgehead atoms. The Bertz CT molecular complexity index is 803. The van der Waals surface area contributed by atoms with Crippen LogP contribution in [-0.2, 0) is 6.54 Å². The fraction of sp³-hybridized carbons (Fsp3) is 0.250. The van der Waals surface area contributed by atoms with Crippen molar-refractivity contribution in [3.63, 3.8) is 0 Å². The molecule has 3 nitrogen and oxygen atoms in total. The van der Waals surface area contributed by atoms with Crippen molar-refractivity contribution >= 4 is 0 Å². The molecule has 0 aromatic heterocycles. The summed E-state index contributed by atoms with van der Waals surface area (Å²) in [6, 6.07) is 28.3. The third-order valence-corrected chi connectivity index (χ3v) is 5.01. The minimum Gasteiger partial charge on any atom is -0.497 e. The van der Waals surface area contributed by atoms with Gasteiger partial charge in [0.05, 0.1) is 13.2 Å². The van der Waals surface area contributed by atoms with Gasteiger partial charge in [-0.05, 0) is 28.8 Å². The monoisotopic (exact) mass is 361 g/mol. The van der Waals surface area contributed by atoms with Gasteiger partial charge in [0, 0.05) is 18.5 Å². The summed E-state index contributed by atoms with van der Waals surface area (Å²) in [7, 11) is 1.67. The van der Waals surface area contributed by atoms with Gasteiger partial charge in [0.25, 0.3) is 0 Å². The molecule has 0 saturated carbocycles. The van der Waals surface area contributed by atoms with Gasteiger partial charge in [-0.15, -0.1) is 0 Å². The lowest BCUT2D eigenvalue weighted by molar-refractivity contribution is 0.0931. The van der Waals surface area contributed by atoms with E-state index in [2.05, 4.69) is 36.5 Å². The lowest BCUT2D eigenvalue weighted by Gasteiger charge is -2.30. The van der Waals surface area contributed by atoms with Crippen LogP contribution in [0, 0.1) is 5.92 Å². The van der Waals surface area contributed by atoms with E-state index < -0.39 is 6.10 Å². The number of methoxy groups -OCH3 is 1. The SMILES string of the molecule is COc1ccc(CN[C@@H](c2ccccc2)[C@H](C)[C@H](O)c2ccccc2)cc1. The van der Waals surface area contributed by atoms with Crippen LogP contribution in [0.2, 0.25) is 0 Å². The van der Waals surface area contributed by atoms with Crippen LogP contribution in [0.25, 0.3) is 0 Å². The molecule has 0 saturated heterocycles. The van der Waals surface area contributed by atoms with Crippen molar-refractivity contribution in [2.24, 2.45) is 5.92 Å². The highest BCUT2D eigenvalue weighted by Gasteiger charge is 2.26. The molecule has 0 amide bonds. The molecule has 0 aliphatic heterocycles. The zero-order valence-electron chi connectivity index (χ0n) is 15.9. The summed E-state index contributed by atoms with van der Waals surface area (Å²) in [6.07, 6.45) is -0.542. The zero-order valence-corrected chi connectivity index (χ0v) is 15.9. The smallest absolute Gasteiger partial charge is 0.118 e. The number of aliphatic hydroxyl groups is 1. The maximum Gasteiger partial charge on any atom is 0.118 e. The maximum atomic E-state index is 10.9. The summed E-state index contributed by atoms with van der Waals surface area (Å²) in [4.78, 5) is 0. The fourth-order valence-electron chi connectivity index (χ4n) is 3.37. The largest absolute Gasteiger partial charge is 0.497 e. The molecule has 27 heavy (non-hydrogen) atoms. The van der Waals surface area contributed by atoms with Crippen LogP contribution >= 0.6 is 0 Å². The summed E-state index contributed by atoms with van der Waals surface area (Å²) in [5.41, 5.74) is 3.30. The van der Waals surface area contributed by atoms with Crippen molar-refractivity contribution in [1.29, 1.82) is 0 Å². The summed E-state index contributed by atoms with van der Waals surface area (Å²) >= 11 is 0. The normalized spacial score (nSPS) is 14.3. The van der Waals surface area contributed by atoms with Crippen molar-refractivity contribution in [2.45, 2.75) is 25.6 Å². The van der Waals surface area contributed by atoms with E-state index in [0.717, 1.165) is 17.9 Å². The van der Waals surface area contributed by atoms with Crippen LogP contribution in [0.1, 0.15) is 35.8 Å². The Balaban J connectivity index is 1.78. The van der Waals surface area contributed by atoms with E-state index in [0.29, 0.717) is 0 Å². The molecule has 0 radical (unpaired) electrons. The highest BCUT2D eigenvalue weighted by molar-refractivity contribution is 5.28. The molecule has 0 fully saturated rings. The number of hydrogen-bond acceptors (Lipinski definition) is 3. The Kier molecular flexibility index (Phi) is 6.64. The Labute approximate surface area is 161 Å². The van der Waals surface area contributed by atoms with E-state index in [1.54, 1.807) is 7.11 Å². The highest BCUT2D eigenvalue weighted by Crippen LogP contribution is 2.33. The molecule has 0 aliphatic carbocycles. The third-order valence-electron chi connectivity index (χ3n) is 5.01. The van der Waals surface area contributed by atoms with E-state index in [9.17, 15) is 5.11 Å². The minimum atomic E-state index is -0.542. The Hall–Kier alpha value is -2.62. The van der Waals surface area contributed by atoms with Crippen molar-refractivity contribution in [3.05, 3.63) is 102 Å². The molecular formula is C24H27NO2. The van der Waals surface area contributed by atoms with Gasteiger partial charge >= 0.3 is 0 Å². The number of ether oxygens (including phenoxy) is 1. The quantitative estimate of drug-likeness (QED) is 0.600. The van der Waals surface area contributed by atoms with E-state index in [1.807, 2.05) is 60.7 Å². The highest BCUT2D eigenvalue weighted by atomic mass is 16.5. The fourth-order valence-corrected chi connectivity index (χ4v) is 3.37. The molecule has 0 spiro atoms. The van der Waals surface area contributed by atoms with Gasteiger partial charge in [-0.2, -0.15) is 0 Å². The molecule has 3 aromatic carbocycles. The minimum absolute atomic E-state index is 0.00745. The van der Waals surface area contributed by atoms with E-state index >= 15 is 0 Å². The topological polar surface area (TPSA) is 41.5 Å². The first-order chi connectivity index (χ1) is 13.2. The summed E-state index contributed by atoms with van der Waals surface area (Å²) in [5, 5.41) is 14.6. The van der Waals surface area contributed by atoms with E-state index in [4.69, 9.17) is 4.74 Å². The number of aliphatic hydroxyl groups excluding tert-OH is 1. The molecule has 0 heterocycles. The lowest BCUT2D eigenvalue weighted by Crippen LogP contribution is -2.30. The molecule has 140 valence electrons. The van der Waals surface area contributed by atoms with Gasteiger partial charge in [0.2, 0.25) is 0 Å². The van der Waals surface area contributed by atoms with Gasteiger partial charge in [-0.25, -0.2) is 0 Å². The van der Waals surface area contributed by atoms with E-state index in [1.165, 1.54) is 11.1 Å². The number of hydrogen-bond donors (Lipinski definition) is 2. The van der Waals surface area contributed by atoms with Crippen molar-refractivity contribution in [1.82, 2.24) is 5.32 Å². The number of nitrogens with one attached hydrogen (secondary N) is 1. The van der Waals surface area contributed by atoms with Crippen LogP contribution in [0.3, 0.4) is 0 Å². The maximum absolute atomic E-state index is 10.9. The second-order valence-electron chi connectivity index (χ2n) is 6.83. The Morgan fingerprint density at radius 3 is 1.93 bits per heavy atom. The Morgan fingerprint density at radius 2 is 1.37 bits per heavy atom. The molecule has 0 unspecified atom stereocenters. The second-order valence-corrected chi connectivity index (χ2v) is 6.83. The predicted molar refractivity (Wildman–Crippen MR) is 110 cm³/mol.